The molecule has 3 rings (SSSR count). The molecule has 140 valence electrons. The predicted octanol–water partition coefficient (Wildman–Crippen LogP) is 5.44. The van der Waals surface area contributed by atoms with Crippen LogP contribution in [0.5, 0.6) is 0 Å². The number of carbonyl (C=O) groups is 1. The van der Waals surface area contributed by atoms with Crippen molar-refractivity contribution < 1.29 is 9.53 Å². The summed E-state index contributed by atoms with van der Waals surface area (Å²) in [5.74, 6) is 0.832. The summed E-state index contributed by atoms with van der Waals surface area (Å²) in [5, 5.41) is 0. The van der Waals surface area contributed by atoms with Crippen LogP contribution in [0.3, 0.4) is 0 Å². The maximum absolute atomic E-state index is 12.7. The highest BCUT2D eigenvalue weighted by molar-refractivity contribution is 5.71. The first-order valence-corrected chi connectivity index (χ1v) is 9.30. The molecule has 1 heterocycles. The summed E-state index contributed by atoms with van der Waals surface area (Å²) in [4.78, 5) is 17.1. The van der Waals surface area contributed by atoms with Gasteiger partial charge in [-0.05, 0) is 36.1 Å². The van der Waals surface area contributed by atoms with Crippen LogP contribution < -0.4 is 0 Å². The van der Waals surface area contributed by atoms with Crippen LogP contribution in [0.2, 0.25) is 0 Å². The molecule has 0 fully saturated rings. The van der Waals surface area contributed by atoms with E-state index in [2.05, 4.69) is 44.8 Å². The number of ether oxygens (including phenoxy) is 1. The second-order valence-corrected chi connectivity index (χ2v) is 7.05. The Labute approximate surface area is 160 Å². The highest BCUT2D eigenvalue weighted by atomic mass is 16.5. The van der Waals surface area contributed by atoms with Gasteiger partial charge in [0.25, 0.3) is 0 Å². The van der Waals surface area contributed by atoms with E-state index in [4.69, 9.17) is 4.74 Å². The van der Waals surface area contributed by atoms with Gasteiger partial charge >= 0.3 is 6.09 Å². The van der Waals surface area contributed by atoms with Gasteiger partial charge in [-0.2, -0.15) is 0 Å². The number of imidazole rings is 1. The lowest BCUT2D eigenvalue weighted by Crippen LogP contribution is -2.20. The van der Waals surface area contributed by atoms with Crippen LogP contribution in [-0.2, 0) is 4.74 Å². The van der Waals surface area contributed by atoms with Crippen LogP contribution in [0.4, 0.5) is 4.79 Å². The Kier molecular flexibility index (Phi) is 5.75. The first kappa shape index (κ1) is 18.9. The van der Waals surface area contributed by atoms with Crippen molar-refractivity contribution in [1.29, 1.82) is 0 Å². The number of nitrogens with zero attached hydrogens (tertiary/aromatic N) is 2. The molecule has 0 spiro atoms. The zero-order valence-corrected chi connectivity index (χ0v) is 16.3. The van der Waals surface area contributed by atoms with Gasteiger partial charge in [0.1, 0.15) is 5.82 Å². The monoisotopic (exact) mass is 362 g/mol. The van der Waals surface area contributed by atoms with Crippen LogP contribution >= 0.6 is 0 Å². The Morgan fingerprint density at radius 2 is 1.81 bits per heavy atom. The molecule has 0 N–H and O–H groups in total. The van der Waals surface area contributed by atoms with Crippen molar-refractivity contribution in [3.05, 3.63) is 89.0 Å². The van der Waals surface area contributed by atoms with Gasteiger partial charge in [0.05, 0.1) is 6.61 Å². The fourth-order valence-electron chi connectivity index (χ4n) is 3.32. The maximum atomic E-state index is 12.7. The Bertz CT molecular complexity index is 915. The van der Waals surface area contributed by atoms with Crippen molar-refractivity contribution in [1.82, 2.24) is 9.55 Å². The average Bonchev–Trinajstić information content (AvgIpc) is 3.18. The highest BCUT2D eigenvalue weighted by Gasteiger charge is 2.21. The Hall–Kier alpha value is -2.88. The van der Waals surface area contributed by atoms with Gasteiger partial charge in [-0.25, -0.2) is 14.3 Å². The topological polar surface area (TPSA) is 44.1 Å². The van der Waals surface area contributed by atoms with Gasteiger partial charge in [-0.1, -0.05) is 62.4 Å². The third-order valence-electron chi connectivity index (χ3n) is 5.19. The van der Waals surface area contributed by atoms with E-state index < -0.39 is 0 Å². The van der Waals surface area contributed by atoms with E-state index in [9.17, 15) is 4.79 Å². The van der Waals surface area contributed by atoms with Gasteiger partial charge < -0.3 is 4.74 Å². The fraction of sp³-hybridized carbons (Fsp3) is 0.304. The third-order valence-corrected chi connectivity index (χ3v) is 5.19. The summed E-state index contributed by atoms with van der Waals surface area (Å²) in [5.41, 5.74) is 4.79. The number of carbonyl (C=O) groups excluding carboxylic acids is 1. The molecule has 4 heteroatoms. The largest absolute Gasteiger partial charge is 0.448 e. The molecular formula is C23H26N2O2. The molecule has 4 nitrogen and oxygen atoms in total. The summed E-state index contributed by atoms with van der Waals surface area (Å²) in [6.07, 6.45) is 2.94. The first-order valence-electron chi connectivity index (χ1n) is 9.30. The minimum absolute atomic E-state index is 0.000929. The van der Waals surface area contributed by atoms with Crippen LogP contribution in [0.15, 0.2) is 60.9 Å². The molecule has 2 aromatic carbocycles. The maximum Gasteiger partial charge on any atom is 0.419 e. The Balaban J connectivity index is 1.74. The van der Waals surface area contributed by atoms with Gasteiger partial charge in [0, 0.05) is 24.2 Å². The van der Waals surface area contributed by atoms with E-state index in [1.54, 1.807) is 12.4 Å². The zero-order chi connectivity index (χ0) is 19.4. The lowest BCUT2D eigenvalue weighted by Gasteiger charge is -2.18. The Morgan fingerprint density at radius 3 is 2.56 bits per heavy atom. The smallest absolute Gasteiger partial charge is 0.419 e. The van der Waals surface area contributed by atoms with Crippen LogP contribution in [0.1, 0.15) is 53.8 Å². The van der Waals surface area contributed by atoms with E-state index in [0.717, 1.165) is 5.56 Å². The molecule has 27 heavy (non-hydrogen) atoms. The fourth-order valence-corrected chi connectivity index (χ4v) is 3.32. The molecule has 0 bridgehead atoms. The summed E-state index contributed by atoms with van der Waals surface area (Å²) in [6, 6.07) is 16.3. The van der Waals surface area contributed by atoms with Crippen molar-refractivity contribution in [2.75, 3.05) is 6.61 Å². The molecule has 1 unspecified atom stereocenters. The summed E-state index contributed by atoms with van der Waals surface area (Å²) in [6.45, 7) is 8.65. The molecule has 0 aliphatic heterocycles. The number of rotatable bonds is 5. The number of hydrogen-bond acceptors (Lipinski definition) is 3. The second kappa shape index (κ2) is 8.21. The van der Waals surface area contributed by atoms with Gasteiger partial charge in [-0.15, -0.1) is 0 Å². The van der Waals surface area contributed by atoms with Crippen molar-refractivity contribution in [3.63, 3.8) is 0 Å². The molecule has 0 aliphatic rings. The van der Waals surface area contributed by atoms with Crippen molar-refractivity contribution in [3.8, 4) is 0 Å². The minimum atomic E-state index is -0.387. The molecule has 0 saturated heterocycles. The standard InChI is InChI=1S/C23H26N2O2/c1-16-9-8-12-21(18(16)3)19(4)22-24-13-14-25(22)23(26)27-15-17(2)20-10-6-5-7-11-20/h5-14,17,19H,15H2,1-4H3/t17?,19-/m0/s1. The molecular weight excluding hydrogens is 336 g/mol. The van der Waals surface area contributed by atoms with Crippen LogP contribution in [0, 0.1) is 13.8 Å². The van der Waals surface area contributed by atoms with Crippen molar-refractivity contribution in [2.45, 2.75) is 39.5 Å². The normalized spacial score (nSPS) is 13.2. The third kappa shape index (κ3) is 4.11. The second-order valence-electron chi connectivity index (χ2n) is 7.05. The predicted molar refractivity (Wildman–Crippen MR) is 107 cm³/mol. The number of aryl methyl sites for hydroxylation is 1. The summed E-state index contributed by atoms with van der Waals surface area (Å²) < 4.78 is 7.09. The van der Waals surface area contributed by atoms with Crippen LogP contribution in [-0.4, -0.2) is 22.3 Å². The molecule has 3 aromatic rings. The summed E-state index contributed by atoms with van der Waals surface area (Å²) in [7, 11) is 0. The quantitative estimate of drug-likeness (QED) is 0.607. The van der Waals surface area contributed by atoms with Crippen LogP contribution in [0.25, 0.3) is 0 Å². The van der Waals surface area contributed by atoms with E-state index in [0.29, 0.717) is 12.4 Å². The number of aromatic nitrogens is 2. The molecule has 1 aromatic heterocycles. The van der Waals surface area contributed by atoms with Gasteiger partial charge in [-0.3, -0.25) is 0 Å². The molecule has 0 amide bonds. The van der Waals surface area contributed by atoms with Crippen molar-refractivity contribution >= 4 is 6.09 Å². The molecule has 2 atom stereocenters. The van der Waals surface area contributed by atoms with E-state index in [-0.39, 0.29) is 17.9 Å². The first-order chi connectivity index (χ1) is 13.0. The number of hydrogen-bond donors (Lipinski definition) is 0. The average molecular weight is 362 g/mol. The van der Waals surface area contributed by atoms with E-state index in [1.165, 1.54) is 21.3 Å². The summed E-state index contributed by atoms with van der Waals surface area (Å²) >= 11 is 0. The van der Waals surface area contributed by atoms with E-state index >= 15 is 0 Å². The molecule has 0 saturated carbocycles. The Morgan fingerprint density at radius 1 is 1.07 bits per heavy atom. The SMILES string of the molecule is Cc1cccc([C@H](C)c2nccn2C(=O)OCC(C)c2ccccc2)c1C. The number of benzene rings is 2. The van der Waals surface area contributed by atoms with E-state index in [1.807, 2.05) is 36.4 Å². The lowest BCUT2D eigenvalue weighted by atomic mass is 9.93. The lowest BCUT2D eigenvalue weighted by molar-refractivity contribution is 0.141. The zero-order valence-electron chi connectivity index (χ0n) is 16.3. The minimum Gasteiger partial charge on any atom is -0.448 e. The molecule has 0 radical (unpaired) electrons. The van der Waals surface area contributed by atoms with Gasteiger partial charge in [0.15, 0.2) is 0 Å². The highest BCUT2D eigenvalue weighted by Crippen LogP contribution is 2.27. The molecule has 0 aliphatic carbocycles. The van der Waals surface area contributed by atoms with Gasteiger partial charge in [0.2, 0.25) is 0 Å². The van der Waals surface area contributed by atoms with Crippen molar-refractivity contribution in [2.24, 2.45) is 0 Å².